The minimum absolute atomic E-state index is 0.0631. The van der Waals surface area contributed by atoms with Gasteiger partial charge in [0.05, 0.1) is 24.2 Å². The monoisotopic (exact) mass is 450 g/mol. The van der Waals surface area contributed by atoms with Gasteiger partial charge in [0.1, 0.15) is 0 Å². The molecule has 0 aliphatic heterocycles. The summed E-state index contributed by atoms with van der Waals surface area (Å²) in [6.07, 6.45) is 5.85. The van der Waals surface area contributed by atoms with E-state index in [-0.39, 0.29) is 64.5 Å². The number of hydrogen-bond donors (Lipinski definition) is 4. The largest absolute Gasteiger partial charge is 0.481 e. The molecular weight excluding hydrogens is 404 g/mol. The maximum absolute atomic E-state index is 11.8. The molecule has 0 amide bonds. The molecule has 4 rings (SSSR count). The van der Waals surface area contributed by atoms with Crippen LogP contribution in [0, 0.1) is 58.2 Å². The van der Waals surface area contributed by atoms with Gasteiger partial charge in [0.15, 0.2) is 0 Å². The molecular formula is C27H46O5. The first-order chi connectivity index (χ1) is 15.0. The lowest BCUT2D eigenvalue weighted by atomic mass is 9.41. The topological polar surface area (TPSA) is 98.0 Å². The number of carboxylic acids is 1. The van der Waals surface area contributed by atoms with Crippen molar-refractivity contribution in [3.63, 3.8) is 0 Å². The summed E-state index contributed by atoms with van der Waals surface area (Å²) in [5, 5.41) is 43.3. The average molecular weight is 451 g/mol. The number of carboxylic acid groups (broad SMARTS) is 1. The van der Waals surface area contributed by atoms with Crippen molar-refractivity contribution in [3.8, 4) is 0 Å². The van der Waals surface area contributed by atoms with Crippen LogP contribution >= 0.6 is 0 Å². The zero-order chi connectivity index (χ0) is 23.6. The third-order valence-corrected chi connectivity index (χ3v) is 11.4. The first kappa shape index (κ1) is 24.5. The lowest BCUT2D eigenvalue weighted by Crippen LogP contribution is -2.65. The molecule has 4 unspecified atom stereocenters. The molecule has 0 aromatic carbocycles. The van der Waals surface area contributed by atoms with Crippen molar-refractivity contribution in [2.45, 2.75) is 104 Å². The maximum atomic E-state index is 11.8. The normalized spacial score (nSPS) is 52.4. The Balaban J connectivity index is 1.66. The molecule has 4 fully saturated rings. The Bertz CT molecular complexity index is 710. The summed E-state index contributed by atoms with van der Waals surface area (Å²) in [5.41, 5.74) is -0.205. The Morgan fingerprint density at radius 3 is 2.31 bits per heavy atom. The SMILES string of the molecule is CC[C@H]1[C@@H](O)C2C3CCC([C@H](C)C[C@@H](C)C(=O)O)[C@@]3(C)[C@@H](O)CC2[C@@]2(C)CC[C@@H](O)C[C@@H]12. The van der Waals surface area contributed by atoms with E-state index in [9.17, 15) is 25.2 Å². The molecule has 4 N–H and O–H groups in total. The van der Waals surface area contributed by atoms with Crippen LogP contribution in [0.3, 0.4) is 0 Å². The second-order valence-electron chi connectivity index (χ2n) is 12.6. The van der Waals surface area contributed by atoms with Gasteiger partial charge in [-0.2, -0.15) is 0 Å². The highest BCUT2D eigenvalue weighted by molar-refractivity contribution is 5.69. The van der Waals surface area contributed by atoms with E-state index in [1.54, 1.807) is 6.92 Å². The van der Waals surface area contributed by atoms with E-state index in [1.807, 2.05) is 0 Å². The Labute approximate surface area is 194 Å². The standard InChI is InChI=1S/C27H46O5/c1-6-17-20-12-16(28)9-10-26(20,4)21-13-22(29)27(5)18(14(2)11-15(3)25(31)32)7-8-19(27)23(21)24(17)30/h14-24,28-30H,6-13H2,1-5H3,(H,31,32)/t14-,15-,16-,17-,18?,19?,20+,21?,22+,23?,24-,26+,27-/m1/s1. The summed E-state index contributed by atoms with van der Waals surface area (Å²) in [7, 11) is 0. The van der Waals surface area contributed by atoms with E-state index in [0.717, 1.165) is 44.9 Å². The van der Waals surface area contributed by atoms with Crippen LogP contribution in [0.15, 0.2) is 0 Å². The van der Waals surface area contributed by atoms with Crippen LogP contribution in [0.1, 0.15) is 86.0 Å². The number of aliphatic hydroxyl groups is 3. The van der Waals surface area contributed by atoms with Crippen LogP contribution in [-0.2, 0) is 4.79 Å². The number of aliphatic carboxylic acids is 1. The molecule has 0 spiro atoms. The van der Waals surface area contributed by atoms with Gasteiger partial charge in [-0.3, -0.25) is 4.79 Å². The minimum Gasteiger partial charge on any atom is -0.481 e. The second-order valence-corrected chi connectivity index (χ2v) is 12.6. The fourth-order valence-corrected chi connectivity index (χ4v) is 9.71. The molecule has 5 nitrogen and oxygen atoms in total. The molecule has 13 atom stereocenters. The van der Waals surface area contributed by atoms with Gasteiger partial charge in [0.25, 0.3) is 0 Å². The molecule has 0 aromatic heterocycles. The predicted octanol–water partition coefficient (Wildman–Crippen LogP) is 4.33. The zero-order valence-electron chi connectivity index (χ0n) is 20.7. The molecule has 4 saturated carbocycles. The van der Waals surface area contributed by atoms with Crippen molar-refractivity contribution in [2.24, 2.45) is 58.2 Å². The van der Waals surface area contributed by atoms with Crippen molar-refractivity contribution >= 4 is 5.97 Å². The Hall–Kier alpha value is -0.650. The highest BCUT2D eigenvalue weighted by atomic mass is 16.4. The molecule has 4 aliphatic carbocycles. The van der Waals surface area contributed by atoms with Crippen molar-refractivity contribution in [1.82, 2.24) is 0 Å². The van der Waals surface area contributed by atoms with E-state index in [4.69, 9.17) is 0 Å². The molecule has 0 radical (unpaired) electrons. The number of aliphatic hydroxyl groups excluding tert-OH is 3. The highest BCUT2D eigenvalue weighted by Gasteiger charge is 2.67. The first-order valence-electron chi connectivity index (χ1n) is 13.2. The Morgan fingerprint density at radius 1 is 1.00 bits per heavy atom. The molecule has 4 aliphatic rings. The van der Waals surface area contributed by atoms with Gasteiger partial charge in [0, 0.05) is 0 Å². The molecule has 0 bridgehead atoms. The average Bonchev–Trinajstić information content (AvgIpc) is 3.09. The number of rotatable bonds is 5. The fraction of sp³-hybridized carbons (Fsp3) is 0.963. The molecule has 32 heavy (non-hydrogen) atoms. The lowest BCUT2D eigenvalue weighted by Gasteiger charge is -2.65. The third kappa shape index (κ3) is 3.48. The fourth-order valence-electron chi connectivity index (χ4n) is 9.71. The van der Waals surface area contributed by atoms with Crippen LogP contribution < -0.4 is 0 Å². The molecule has 0 aromatic rings. The van der Waals surface area contributed by atoms with E-state index in [2.05, 4.69) is 27.7 Å². The zero-order valence-corrected chi connectivity index (χ0v) is 20.7. The first-order valence-corrected chi connectivity index (χ1v) is 13.2. The van der Waals surface area contributed by atoms with Crippen molar-refractivity contribution in [1.29, 1.82) is 0 Å². The van der Waals surface area contributed by atoms with E-state index in [0.29, 0.717) is 12.3 Å². The smallest absolute Gasteiger partial charge is 0.306 e. The van der Waals surface area contributed by atoms with Gasteiger partial charge < -0.3 is 20.4 Å². The van der Waals surface area contributed by atoms with Gasteiger partial charge in [-0.1, -0.05) is 41.0 Å². The molecule has 0 heterocycles. The second kappa shape index (κ2) is 8.53. The van der Waals surface area contributed by atoms with E-state index >= 15 is 0 Å². The van der Waals surface area contributed by atoms with Crippen molar-refractivity contribution in [2.75, 3.05) is 0 Å². The maximum Gasteiger partial charge on any atom is 0.306 e. The number of fused-ring (bicyclic) bond motifs is 5. The number of carbonyl (C=O) groups is 1. The summed E-state index contributed by atoms with van der Waals surface area (Å²) >= 11 is 0. The van der Waals surface area contributed by atoms with Crippen LogP contribution in [-0.4, -0.2) is 44.7 Å². The third-order valence-electron chi connectivity index (χ3n) is 11.4. The Morgan fingerprint density at radius 2 is 1.69 bits per heavy atom. The van der Waals surface area contributed by atoms with Crippen LogP contribution in [0.5, 0.6) is 0 Å². The molecule has 184 valence electrons. The summed E-state index contributed by atoms with van der Waals surface area (Å²) in [6.45, 7) is 10.8. The van der Waals surface area contributed by atoms with Gasteiger partial charge in [0.2, 0.25) is 0 Å². The lowest BCUT2D eigenvalue weighted by molar-refractivity contribution is -0.228. The quantitative estimate of drug-likeness (QED) is 0.500. The molecule has 0 saturated heterocycles. The highest BCUT2D eigenvalue weighted by Crippen LogP contribution is 2.69. The summed E-state index contributed by atoms with van der Waals surface area (Å²) in [5.74, 6) is 0.687. The van der Waals surface area contributed by atoms with Crippen molar-refractivity contribution < 1.29 is 25.2 Å². The summed E-state index contributed by atoms with van der Waals surface area (Å²) < 4.78 is 0. The van der Waals surface area contributed by atoms with E-state index in [1.165, 1.54) is 0 Å². The van der Waals surface area contributed by atoms with Gasteiger partial charge >= 0.3 is 5.97 Å². The van der Waals surface area contributed by atoms with Crippen LogP contribution in [0.25, 0.3) is 0 Å². The van der Waals surface area contributed by atoms with Gasteiger partial charge in [-0.05, 0) is 97.2 Å². The predicted molar refractivity (Wildman–Crippen MR) is 124 cm³/mol. The number of hydrogen-bond acceptors (Lipinski definition) is 4. The summed E-state index contributed by atoms with van der Waals surface area (Å²) in [6, 6.07) is 0. The van der Waals surface area contributed by atoms with Gasteiger partial charge in [-0.15, -0.1) is 0 Å². The van der Waals surface area contributed by atoms with Crippen LogP contribution in [0.2, 0.25) is 0 Å². The minimum atomic E-state index is -0.743. The van der Waals surface area contributed by atoms with Crippen LogP contribution in [0.4, 0.5) is 0 Å². The summed E-state index contributed by atoms with van der Waals surface area (Å²) in [4.78, 5) is 11.5. The van der Waals surface area contributed by atoms with Gasteiger partial charge in [-0.25, -0.2) is 0 Å². The van der Waals surface area contributed by atoms with Crippen molar-refractivity contribution in [3.05, 3.63) is 0 Å². The molecule has 5 heteroatoms. The van der Waals surface area contributed by atoms with E-state index < -0.39 is 12.1 Å². The Kier molecular flexibility index (Phi) is 6.53.